The summed E-state index contributed by atoms with van der Waals surface area (Å²) in [7, 11) is 0. The zero-order chi connectivity index (χ0) is 39.0. The molecule has 0 bridgehead atoms. The summed E-state index contributed by atoms with van der Waals surface area (Å²) in [6.07, 6.45) is -12.8. The number of fused-ring (bicyclic) bond motifs is 1. The maximum absolute atomic E-state index is 12.5. The maximum Gasteiger partial charge on any atom is 0.369 e. The van der Waals surface area contributed by atoms with Crippen LogP contribution < -0.4 is 14.2 Å². The molecule has 3 aliphatic heterocycles. The minimum absolute atomic E-state index is 0.181. The SMILES string of the molecule is CCOC1(C)Oc2cccc(O[C@H]3C[C@@H](OC(C)=O)[C@H](O[C@H]4O[C@H](COC(C)=O)[C@@H](OC(C)=O)[C@H](OC(C)=O)[C@H]4OC(C)=O)[C@@H](COC(C)=O)O3)c2O1. The molecule has 1 aromatic rings. The van der Waals surface area contributed by atoms with Crippen LogP contribution in [0.25, 0.3) is 0 Å². The van der Waals surface area contributed by atoms with Crippen LogP contribution in [-0.2, 0) is 76.1 Å². The van der Waals surface area contributed by atoms with E-state index in [-0.39, 0.29) is 24.5 Å². The van der Waals surface area contributed by atoms with Gasteiger partial charge in [0.25, 0.3) is 0 Å². The lowest BCUT2D eigenvalue weighted by Gasteiger charge is -2.47. The van der Waals surface area contributed by atoms with Gasteiger partial charge in [0.15, 0.2) is 36.1 Å². The van der Waals surface area contributed by atoms with Crippen LogP contribution in [0.15, 0.2) is 18.2 Å². The minimum Gasteiger partial charge on any atom is -0.463 e. The molecule has 0 aliphatic carbocycles. The summed E-state index contributed by atoms with van der Waals surface area (Å²) < 4.78 is 74.7. The highest BCUT2D eigenvalue weighted by atomic mass is 16.9. The maximum atomic E-state index is 12.5. The number of carbonyl (C=O) groups is 6. The summed E-state index contributed by atoms with van der Waals surface area (Å²) in [6, 6.07) is 4.89. The zero-order valence-corrected chi connectivity index (χ0v) is 30.5. The highest BCUT2D eigenvalue weighted by Crippen LogP contribution is 2.47. The summed E-state index contributed by atoms with van der Waals surface area (Å²) in [6.45, 7) is 9.32. The molecule has 0 N–H and O–H groups in total. The number of hydrogen-bond acceptors (Lipinski definition) is 19. The number of para-hydroxylation sites is 1. The third-order valence-corrected chi connectivity index (χ3v) is 7.68. The van der Waals surface area contributed by atoms with Gasteiger partial charge in [-0.05, 0) is 19.1 Å². The number of rotatable bonds is 14. The molecular formula is C34H44O19. The average Bonchev–Trinajstić information content (AvgIpc) is 3.39. The third-order valence-electron chi connectivity index (χ3n) is 7.68. The van der Waals surface area contributed by atoms with Crippen LogP contribution in [0.5, 0.6) is 17.2 Å². The highest BCUT2D eigenvalue weighted by molar-refractivity contribution is 5.69. The lowest BCUT2D eigenvalue weighted by molar-refractivity contribution is -0.343. The first kappa shape index (κ1) is 41.0. The molecule has 2 saturated heterocycles. The number of carbonyl (C=O) groups excluding carboxylic acids is 6. The fourth-order valence-corrected chi connectivity index (χ4v) is 5.90. The Morgan fingerprint density at radius 2 is 1.26 bits per heavy atom. The van der Waals surface area contributed by atoms with E-state index in [0.717, 1.165) is 41.5 Å². The fraction of sp³-hybridized carbons (Fsp3) is 0.647. The second-order valence-electron chi connectivity index (χ2n) is 12.2. The molecule has 3 heterocycles. The zero-order valence-electron chi connectivity index (χ0n) is 30.5. The quantitative estimate of drug-likeness (QED) is 0.194. The molecule has 1 aromatic carbocycles. The topological polar surface area (TPSA) is 222 Å². The van der Waals surface area contributed by atoms with Crippen LogP contribution in [0.4, 0.5) is 0 Å². The summed E-state index contributed by atoms with van der Waals surface area (Å²) in [5.74, 6) is -5.39. The molecule has 2 fully saturated rings. The lowest BCUT2D eigenvalue weighted by atomic mass is 9.97. The molecule has 0 radical (unpaired) electrons. The van der Waals surface area contributed by atoms with Crippen molar-refractivity contribution in [1.82, 2.24) is 0 Å². The molecule has 0 saturated carbocycles. The smallest absolute Gasteiger partial charge is 0.369 e. The molecular weight excluding hydrogens is 712 g/mol. The van der Waals surface area contributed by atoms with E-state index in [1.807, 2.05) is 0 Å². The van der Waals surface area contributed by atoms with E-state index in [0.29, 0.717) is 5.75 Å². The van der Waals surface area contributed by atoms with Crippen molar-refractivity contribution in [3.8, 4) is 17.2 Å². The number of esters is 6. The first-order valence-electron chi connectivity index (χ1n) is 16.7. The summed E-state index contributed by atoms with van der Waals surface area (Å²) in [5.41, 5.74) is 0. The van der Waals surface area contributed by atoms with Gasteiger partial charge in [-0.15, -0.1) is 0 Å². The second kappa shape index (κ2) is 17.9. The van der Waals surface area contributed by atoms with E-state index in [1.165, 1.54) is 0 Å². The molecule has 294 valence electrons. The van der Waals surface area contributed by atoms with Crippen molar-refractivity contribution in [3.63, 3.8) is 0 Å². The van der Waals surface area contributed by atoms with Gasteiger partial charge in [0.05, 0.1) is 6.61 Å². The summed E-state index contributed by atoms with van der Waals surface area (Å²) in [5, 5.41) is 0. The Kier molecular flexibility index (Phi) is 13.8. The lowest BCUT2D eigenvalue weighted by Crippen LogP contribution is -2.65. The van der Waals surface area contributed by atoms with E-state index in [2.05, 4.69) is 0 Å². The van der Waals surface area contributed by atoms with Crippen LogP contribution in [0.3, 0.4) is 0 Å². The van der Waals surface area contributed by atoms with Crippen LogP contribution in [-0.4, -0.2) is 117 Å². The van der Waals surface area contributed by atoms with Crippen LogP contribution in [0.1, 0.15) is 61.8 Å². The molecule has 0 aromatic heterocycles. The van der Waals surface area contributed by atoms with Crippen molar-refractivity contribution >= 4 is 35.8 Å². The Hall–Kier alpha value is -4.72. The predicted molar refractivity (Wildman–Crippen MR) is 171 cm³/mol. The number of hydrogen-bond donors (Lipinski definition) is 0. The first-order valence-corrected chi connectivity index (χ1v) is 16.7. The molecule has 4 rings (SSSR count). The van der Waals surface area contributed by atoms with Crippen LogP contribution in [0, 0.1) is 0 Å². The standard InChI is InChI=1S/C34H44O19/c1-9-43-34(8)52-23-12-10-11-22(29(23)53-34)48-27-13-24(44-18(4)37)28(25(49-27)14-41-16(2)35)51-33-32(47-21(7)40)31(46-20(6)39)30(45-19(5)38)26(50-33)15-42-17(3)36/h10-12,24-28,30-33H,9,13-15H2,1-8H3/t24-,25-,26-,27-,28+,30-,31+,32-,33-,34?/m1/s1. The van der Waals surface area contributed by atoms with Gasteiger partial charge >= 0.3 is 41.8 Å². The van der Waals surface area contributed by atoms with Gasteiger partial charge in [0.2, 0.25) is 12.0 Å². The number of ether oxygens (including phenoxy) is 13. The van der Waals surface area contributed by atoms with E-state index >= 15 is 0 Å². The van der Waals surface area contributed by atoms with Crippen molar-refractivity contribution < 1.29 is 90.3 Å². The van der Waals surface area contributed by atoms with Crippen molar-refractivity contribution in [2.75, 3.05) is 19.8 Å². The van der Waals surface area contributed by atoms with E-state index < -0.39 is 110 Å². The monoisotopic (exact) mass is 756 g/mol. The molecule has 1 unspecified atom stereocenters. The van der Waals surface area contributed by atoms with Gasteiger partial charge in [-0.25, -0.2) is 0 Å². The van der Waals surface area contributed by atoms with Gasteiger partial charge in [-0.1, -0.05) is 6.07 Å². The molecule has 19 nitrogen and oxygen atoms in total. The Labute approximate surface area is 304 Å². The van der Waals surface area contributed by atoms with E-state index in [4.69, 9.17) is 61.6 Å². The van der Waals surface area contributed by atoms with Gasteiger partial charge in [0.1, 0.15) is 37.6 Å². The van der Waals surface area contributed by atoms with Gasteiger partial charge in [-0.2, -0.15) is 0 Å². The van der Waals surface area contributed by atoms with Crippen molar-refractivity contribution in [2.45, 2.75) is 123 Å². The first-order chi connectivity index (χ1) is 25.0. The van der Waals surface area contributed by atoms with E-state index in [9.17, 15) is 28.8 Å². The molecule has 10 atom stereocenters. The van der Waals surface area contributed by atoms with Crippen LogP contribution >= 0.6 is 0 Å². The fourth-order valence-electron chi connectivity index (χ4n) is 5.90. The van der Waals surface area contributed by atoms with Gasteiger partial charge in [-0.3, -0.25) is 28.8 Å². The third kappa shape index (κ3) is 11.1. The van der Waals surface area contributed by atoms with Crippen molar-refractivity contribution in [2.24, 2.45) is 0 Å². The van der Waals surface area contributed by atoms with Crippen molar-refractivity contribution in [3.05, 3.63) is 18.2 Å². The molecule has 0 spiro atoms. The Balaban J connectivity index is 1.70. The number of benzene rings is 1. The van der Waals surface area contributed by atoms with Crippen LogP contribution in [0.2, 0.25) is 0 Å². The predicted octanol–water partition coefficient (Wildman–Crippen LogP) is 1.62. The van der Waals surface area contributed by atoms with Gasteiger partial charge < -0.3 is 61.6 Å². The van der Waals surface area contributed by atoms with Crippen molar-refractivity contribution in [1.29, 1.82) is 0 Å². The molecule has 3 aliphatic rings. The van der Waals surface area contributed by atoms with E-state index in [1.54, 1.807) is 32.0 Å². The molecule has 53 heavy (non-hydrogen) atoms. The molecule has 19 heteroatoms. The summed E-state index contributed by atoms with van der Waals surface area (Å²) >= 11 is 0. The highest BCUT2D eigenvalue weighted by Gasteiger charge is 2.55. The Bertz CT molecular complexity index is 1510. The van der Waals surface area contributed by atoms with Gasteiger partial charge in [0, 0.05) is 54.9 Å². The Morgan fingerprint density at radius 3 is 1.83 bits per heavy atom. The normalized spacial score (nSPS) is 30.3. The average molecular weight is 757 g/mol. The molecule has 0 amide bonds. The largest absolute Gasteiger partial charge is 0.463 e. The second-order valence-corrected chi connectivity index (χ2v) is 12.2. The Morgan fingerprint density at radius 1 is 0.698 bits per heavy atom. The summed E-state index contributed by atoms with van der Waals surface area (Å²) in [4.78, 5) is 73.1. The minimum atomic E-state index is -1.68.